The van der Waals surface area contributed by atoms with Crippen LogP contribution in [0.25, 0.3) is 0 Å². The molecule has 1 saturated heterocycles. The first kappa shape index (κ1) is 19.3. The lowest BCUT2D eigenvalue weighted by Crippen LogP contribution is -2.53. The van der Waals surface area contributed by atoms with Gasteiger partial charge in [-0.05, 0) is 24.3 Å². The maximum absolute atomic E-state index is 12.3. The predicted octanol–water partition coefficient (Wildman–Crippen LogP) is 2.68. The minimum Gasteiger partial charge on any atom is -0.353 e. The Kier molecular flexibility index (Phi) is 7.31. The Bertz CT molecular complexity index is 727. The van der Waals surface area contributed by atoms with Gasteiger partial charge < -0.3 is 16.0 Å². The zero-order valence-corrected chi connectivity index (χ0v) is 15.2. The maximum Gasteiger partial charge on any atom is 0.237 e. The molecule has 1 unspecified atom stereocenters. The first-order valence-corrected chi connectivity index (χ1v) is 8.67. The van der Waals surface area contributed by atoms with Crippen LogP contribution in [0.15, 0.2) is 64.4 Å². The number of hydrogen-bond acceptors (Lipinski definition) is 4. The summed E-state index contributed by atoms with van der Waals surface area (Å²) in [5.41, 5.74) is 0.757. The lowest BCUT2D eigenvalue weighted by Gasteiger charge is -2.23. The highest BCUT2D eigenvalue weighted by Crippen LogP contribution is 2.33. The van der Waals surface area contributed by atoms with Gasteiger partial charge in [0.05, 0.1) is 18.2 Å². The molecule has 5 nitrogen and oxygen atoms in total. The summed E-state index contributed by atoms with van der Waals surface area (Å²) in [5.74, 6) is -0.297. The van der Waals surface area contributed by atoms with E-state index in [0.717, 1.165) is 15.5 Å². The Morgan fingerprint density at radius 2 is 1.80 bits per heavy atom. The van der Waals surface area contributed by atoms with Crippen molar-refractivity contribution in [1.82, 2.24) is 10.6 Å². The molecule has 3 N–H and O–H groups in total. The van der Waals surface area contributed by atoms with Gasteiger partial charge in [-0.3, -0.25) is 9.59 Å². The number of piperazine rings is 1. The fourth-order valence-electron chi connectivity index (χ4n) is 2.47. The largest absolute Gasteiger partial charge is 0.353 e. The van der Waals surface area contributed by atoms with E-state index in [0.29, 0.717) is 13.1 Å². The van der Waals surface area contributed by atoms with Crippen molar-refractivity contribution in [3.63, 3.8) is 0 Å². The molecule has 0 aromatic heterocycles. The van der Waals surface area contributed by atoms with Gasteiger partial charge in [0, 0.05) is 22.9 Å². The Morgan fingerprint density at radius 3 is 2.56 bits per heavy atom. The molecule has 1 aliphatic heterocycles. The monoisotopic (exact) mass is 377 g/mol. The fourth-order valence-corrected chi connectivity index (χ4v) is 3.40. The number of halogens is 1. The van der Waals surface area contributed by atoms with Crippen LogP contribution in [-0.2, 0) is 9.59 Å². The summed E-state index contributed by atoms with van der Waals surface area (Å²) in [7, 11) is 0. The molecule has 25 heavy (non-hydrogen) atoms. The van der Waals surface area contributed by atoms with Crippen molar-refractivity contribution in [3.8, 4) is 0 Å². The Morgan fingerprint density at radius 1 is 1.08 bits per heavy atom. The van der Waals surface area contributed by atoms with Crippen molar-refractivity contribution in [2.24, 2.45) is 0 Å². The van der Waals surface area contributed by atoms with Crippen molar-refractivity contribution in [2.45, 2.75) is 22.3 Å². The summed E-state index contributed by atoms with van der Waals surface area (Å²) >= 11 is 1.59. The second-order valence-electron chi connectivity index (χ2n) is 5.46. The van der Waals surface area contributed by atoms with E-state index in [9.17, 15) is 9.59 Å². The molecule has 0 bridgehead atoms. The van der Waals surface area contributed by atoms with Crippen LogP contribution in [0.5, 0.6) is 0 Å². The van der Waals surface area contributed by atoms with Crippen molar-refractivity contribution >= 4 is 41.7 Å². The van der Waals surface area contributed by atoms with Crippen LogP contribution < -0.4 is 16.0 Å². The molecule has 1 atom stereocenters. The third kappa shape index (κ3) is 5.49. The molecule has 1 heterocycles. The topological polar surface area (TPSA) is 70.2 Å². The second-order valence-corrected chi connectivity index (χ2v) is 6.58. The standard InChI is InChI=1S/C18H19N3O2S.ClH/c22-17(12-15-18(23)20-11-10-19-15)21-14-8-4-5-9-16(14)24-13-6-2-1-3-7-13;/h1-9,15,19H,10-12H2,(H,20,23)(H,21,22);1H. The van der Waals surface area contributed by atoms with Crippen molar-refractivity contribution in [1.29, 1.82) is 0 Å². The average molecular weight is 378 g/mol. The molecule has 132 valence electrons. The van der Waals surface area contributed by atoms with Crippen LogP contribution in [-0.4, -0.2) is 30.9 Å². The van der Waals surface area contributed by atoms with E-state index in [-0.39, 0.29) is 30.6 Å². The minimum absolute atomic E-state index is 0. The highest BCUT2D eigenvalue weighted by molar-refractivity contribution is 7.99. The zero-order valence-electron chi connectivity index (χ0n) is 13.5. The van der Waals surface area contributed by atoms with Gasteiger partial charge in [0.1, 0.15) is 0 Å². The number of anilines is 1. The number of nitrogens with one attached hydrogen (secondary N) is 3. The summed E-state index contributed by atoms with van der Waals surface area (Å²) in [5, 5.41) is 8.74. The van der Waals surface area contributed by atoms with Gasteiger partial charge in [-0.1, -0.05) is 42.1 Å². The molecular formula is C18H20ClN3O2S. The van der Waals surface area contributed by atoms with E-state index in [1.54, 1.807) is 11.8 Å². The molecule has 0 aliphatic carbocycles. The van der Waals surface area contributed by atoms with E-state index in [2.05, 4.69) is 16.0 Å². The van der Waals surface area contributed by atoms with E-state index < -0.39 is 6.04 Å². The quantitative estimate of drug-likeness (QED) is 0.749. The number of amides is 2. The second kappa shape index (κ2) is 9.46. The molecule has 1 fully saturated rings. The normalized spacial score (nSPS) is 16.5. The average Bonchev–Trinajstić information content (AvgIpc) is 2.60. The van der Waals surface area contributed by atoms with Gasteiger partial charge in [0.2, 0.25) is 11.8 Å². The number of rotatable bonds is 5. The molecular weight excluding hydrogens is 358 g/mol. The van der Waals surface area contributed by atoms with E-state index in [1.807, 2.05) is 54.6 Å². The molecule has 0 saturated carbocycles. The predicted molar refractivity (Wildman–Crippen MR) is 102 cm³/mol. The maximum atomic E-state index is 12.3. The summed E-state index contributed by atoms with van der Waals surface area (Å²) < 4.78 is 0. The van der Waals surface area contributed by atoms with E-state index in [4.69, 9.17) is 0 Å². The van der Waals surface area contributed by atoms with Crippen molar-refractivity contribution in [3.05, 3.63) is 54.6 Å². The van der Waals surface area contributed by atoms with Crippen molar-refractivity contribution < 1.29 is 9.59 Å². The molecule has 2 aromatic carbocycles. The number of carbonyl (C=O) groups is 2. The molecule has 2 amide bonds. The summed E-state index contributed by atoms with van der Waals surface area (Å²) in [6.45, 7) is 1.29. The van der Waals surface area contributed by atoms with Crippen LogP contribution in [0.4, 0.5) is 5.69 Å². The summed E-state index contributed by atoms with van der Waals surface area (Å²) in [6.07, 6.45) is 0.121. The van der Waals surface area contributed by atoms with Gasteiger partial charge in [0.25, 0.3) is 0 Å². The van der Waals surface area contributed by atoms with Crippen molar-refractivity contribution in [2.75, 3.05) is 18.4 Å². The molecule has 2 aromatic rings. The highest BCUT2D eigenvalue weighted by Gasteiger charge is 2.24. The summed E-state index contributed by atoms with van der Waals surface area (Å²) in [6, 6.07) is 17.2. The van der Waals surface area contributed by atoms with Gasteiger partial charge in [-0.15, -0.1) is 12.4 Å². The Labute approximate surface area is 157 Å². The number of carbonyl (C=O) groups excluding carboxylic acids is 2. The van der Waals surface area contributed by atoms with Crippen LogP contribution in [0.3, 0.4) is 0 Å². The number of hydrogen-bond donors (Lipinski definition) is 3. The van der Waals surface area contributed by atoms with Crippen LogP contribution >= 0.6 is 24.2 Å². The Hall–Kier alpha value is -2.02. The summed E-state index contributed by atoms with van der Waals surface area (Å²) in [4.78, 5) is 26.1. The van der Waals surface area contributed by atoms with Crippen LogP contribution in [0.1, 0.15) is 6.42 Å². The first-order valence-electron chi connectivity index (χ1n) is 7.85. The van der Waals surface area contributed by atoms with Crippen LogP contribution in [0, 0.1) is 0 Å². The lowest BCUT2D eigenvalue weighted by atomic mass is 10.1. The van der Waals surface area contributed by atoms with E-state index in [1.165, 1.54) is 0 Å². The minimum atomic E-state index is -0.465. The third-order valence-electron chi connectivity index (χ3n) is 3.65. The third-order valence-corrected chi connectivity index (χ3v) is 4.74. The lowest BCUT2D eigenvalue weighted by molar-refractivity contribution is -0.127. The molecule has 7 heteroatoms. The van der Waals surface area contributed by atoms with Crippen LogP contribution in [0.2, 0.25) is 0 Å². The fraction of sp³-hybridized carbons (Fsp3) is 0.222. The first-order chi connectivity index (χ1) is 11.7. The van der Waals surface area contributed by atoms with Gasteiger partial charge in [0.15, 0.2) is 0 Å². The van der Waals surface area contributed by atoms with E-state index >= 15 is 0 Å². The smallest absolute Gasteiger partial charge is 0.237 e. The molecule has 1 aliphatic rings. The van der Waals surface area contributed by atoms with Gasteiger partial charge in [-0.25, -0.2) is 0 Å². The molecule has 3 rings (SSSR count). The Balaban J connectivity index is 0.00000225. The highest BCUT2D eigenvalue weighted by atomic mass is 35.5. The SMILES string of the molecule is Cl.O=C(CC1NCCNC1=O)Nc1ccccc1Sc1ccccc1. The van der Waals surface area contributed by atoms with Gasteiger partial charge in [-0.2, -0.15) is 0 Å². The van der Waals surface area contributed by atoms with Gasteiger partial charge >= 0.3 is 0 Å². The molecule has 0 spiro atoms. The zero-order chi connectivity index (χ0) is 16.8. The number of para-hydroxylation sites is 1. The number of benzene rings is 2. The molecule has 0 radical (unpaired) electrons.